The molecule has 0 bridgehead atoms. The monoisotopic (exact) mass is 362 g/mol. The van der Waals surface area contributed by atoms with E-state index >= 15 is 0 Å². The smallest absolute Gasteiger partial charge is 0.319 e. The van der Waals surface area contributed by atoms with E-state index < -0.39 is 0 Å². The third-order valence-electron chi connectivity index (χ3n) is 4.48. The molecule has 0 atom stereocenters. The molecule has 8 heteroatoms. The van der Waals surface area contributed by atoms with Crippen LogP contribution < -0.4 is 10.6 Å². The van der Waals surface area contributed by atoms with E-state index in [9.17, 15) is 9.59 Å². The second-order valence-corrected chi connectivity index (χ2v) is 8.12. The number of urea groups is 1. The van der Waals surface area contributed by atoms with Gasteiger partial charge in [0.05, 0.1) is 17.2 Å². The van der Waals surface area contributed by atoms with Gasteiger partial charge in [-0.1, -0.05) is 17.8 Å². The Morgan fingerprint density at radius 1 is 1.29 bits per heavy atom. The van der Waals surface area contributed by atoms with Crippen LogP contribution in [0.4, 0.5) is 14.9 Å². The number of nitrogens with one attached hydrogen (secondary N) is 2. The minimum Gasteiger partial charge on any atom is -0.319 e. The number of fused-ring (bicyclic) bond motifs is 1. The van der Waals surface area contributed by atoms with Crippen molar-refractivity contribution in [3.05, 3.63) is 28.1 Å². The second-order valence-electron chi connectivity index (χ2n) is 6.08. The van der Waals surface area contributed by atoms with Crippen LogP contribution in [0.3, 0.4) is 0 Å². The number of thiophene rings is 1. The van der Waals surface area contributed by atoms with Gasteiger partial charge in [0.2, 0.25) is 5.91 Å². The van der Waals surface area contributed by atoms with E-state index in [1.165, 1.54) is 22.7 Å². The zero-order chi connectivity index (χ0) is 16.5. The number of thiazole rings is 1. The van der Waals surface area contributed by atoms with E-state index in [-0.39, 0.29) is 17.9 Å². The van der Waals surface area contributed by atoms with Crippen molar-refractivity contribution in [3.8, 4) is 0 Å². The average Bonchev–Trinajstić information content (AvgIpc) is 3.12. The third kappa shape index (κ3) is 3.16. The van der Waals surface area contributed by atoms with Crippen LogP contribution in [0.1, 0.15) is 29.8 Å². The maximum Gasteiger partial charge on any atom is 0.322 e. The molecule has 6 nitrogen and oxygen atoms in total. The summed E-state index contributed by atoms with van der Waals surface area (Å²) in [5.74, 6) is 0.235. The van der Waals surface area contributed by atoms with Gasteiger partial charge in [-0.05, 0) is 30.4 Å². The Morgan fingerprint density at radius 2 is 2.17 bits per heavy atom. The summed E-state index contributed by atoms with van der Waals surface area (Å²) in [5, 5.41) is 9.29. The van der Waals surface area contributed by atoms with Gasteiger partial charge in [0.1, 0.15) is 0 Å². The zero-order valence-electron chi connectivity index (χ0n) is 13.1. The van der Waals surface area contributed by atoms with Gasteiger partial charge in [0, 0.05) is 23.8 Å². The van der Waals surface area contributed by atoms with E-state index in [2.05, 4.69) is 15.6 Å². The van der Waals surface area contributed by atoms with Gasteiger partial charge in [-0.3, -0.25) is 10.1 Å². The molecule has 3 amide bonds. The van der Waals surface area contributed by atoms with Crippen LogP contribution in [0.5, 0.6) is 0 Å². The van der Waals surface area contributed by atoms with Crippen LogP contribution in [0.25, 0.3) is 0 Å². The summed E-state index contributed by atoms with van der Waals surface area (Å²) in [6.07, 6.45) is 3.82. The van der Waals surface area contributed by atoms with Crippen LogP contribution in [-0.4, -0.2) is 28.4 Å². The van der Waals surface area contributed by atoms with Crippen LogP contribution in [0, 0.1) is 5.92 Å². The first-order chi connectivity index (χ1) is 11.7. The van der Waals surface area contributed by atoms with Crippen LogP contribution in [0.2, 0.25) is 0 Å². The fourth-order valence-electron chi connectivity index (χ4n) is 2.83. The first-order valence-electron chi connectivity index (χ1n) is 8.08. The lowest BCUT2D eigenvalue weighted by Gasteiger charge is -2.25. The van der Waals surface area contributed by atoms with Crippen molar-refractivity contribution in [2.45, 2.75) is 32.2 Å². The summed E-state index contributed by atoms with van der Waals surface area (Å²) in [7, 11) is 0. The molecule has 4 rings (SSSR count). The Labute approximate surface area is 147 Å². The summed E-state index contributed by atoms with van der Waals surface area (Å²) in [6, 6.07) is 3.71. The van der Waals surface area contributed by atoms with Crippen molar-refractivity contribution < 1.29 is 9.59 Å². The highest BCUT2D eigenvalue weighted by Crippen LogP contribution is 2.31. The molecular weight excluding hydrogens is 344 g/mol. The lowest BCUT2D eigenvalue weighted by Crippen LogP contribution is -2.38. The average molecular weight is 362 g/mol. The Morgan fingerprint density at radius 3 is 2.88 bits per heavy atom. The van der Waals surface area contributed by atoms with E-state index in [0.717, 1.165) is 41.3 Å². The number of anilines is 2. The zero-order valence-corrected chi connectivity index (χ0v) is 14.7. The number of aromatic nitrogens is 1. The molecule has 2 aromatic heterocycles. The topological polar surface area (TPSA) is 74.3 Å². The molecule has 126 valence electrons. The predicted molar refractivity (Wildman–Crippen MR) is 95.5 cm³/mol. The number of rotatable bonds is 3. The largest absolute Gasteiger partial charge is 0.322 e. The molecule has 24 heavy (non-hydrogen) atoms. The third-order valence-corrected chi connectivity index (χ3v) is 6.26. The van der Waals surface area contributed by atoms with Gasteiger partial charge >= 0.3 is 6.03 Å². The van der Waals surface area contributed by atoms with E-state index in [1.54, 1.807) is 4.90 Å². The highest BCUT2D eigenvalue weighted by Gasteiger charge is 2.28. The number of amides is 3. The van der Waals surface area contributed by atoms with Gasteiger partial charge < -0.3 is 10.2 Å². The SMILES string of the molecule is O=C(Nc1nc2c(s1)CN(C(=O)Nc1cccs1)CC2)C1CCC1. The molecule has 3 heterocycles. The molecule has 1 aliphatic carbocycles. The summed E-state index contributed by atoms with van der Waals surface area (Å²) < 4.78 is 0. The molecule has 0 saturated heterocycles. The maximum atomic E-state index is 12.3. The molecule has 1 aliphatic heterocycles. The molecule has 2 N–H and O–H groups in total. The lowest BCUT2D eigenvalue weighted by atomic mass is 9.85. The van der Waals surface area contributed by atoms with Gasteiger partial charge in [-0.25, -0.2) is 9.78 Å². The van der Waals surface area contributed by atoms with E-state index in [1.807, 2.05) is 17.5 Å². The van der Waals surface area contributed by atoms with Crippen molar-refractivity contribution in [1.29, 1.82) is 0 Å². The normalized spacial score (nSPS) is 17.1. The summed E-state index contributed by atoms with van der Waals surface area (Å²) >= 11 is 2.99. The van der Waals surface area contributed by atoms with Crippen molar-refractivity contribution in [3.63, 3.8) is 0 Å². The van der Waals surface area contributed by atoms with Crippen molar-refractivity contribution in [2.75, 3.05) is 17.2 Å². The van der Waals surface area contributed by atoms with Crippen LogP contribution >= 0.6 is 22.7 Å². The molecule has 0 unspecified atom stereocenters. The number of carbonyl (C=O) groups excluding carboxylic acids is 2. The minimum absolute atomic E-state index is 0.0830. The summed E-state index contributed by atoms with van der Waals surface area (Å²) in [4.78, 5) is 31.8. The van der Waals surface area contributed by atoms with Crippen LogP contribution in [-0.2, 0) is 17.8 Å². The molecule has 0 radical (unpaired) electrons. The highest BCUT2D eigenvalue weighted by molar-refractivity contribution is 7.16. The standard InChI is InChI=1S/C16H18N4O2S2/c21-14(10-3-1-4-10)19-15-17-11-6-7-20(9-12(11)24-15)16(22)18-13-5-2-8-23-13/h2,5,8,10H,1,3-4,6-7,9H2,(H,18,22)(H,17,19,21). The molecule has 1 fully saturated rings. The number of carbonyl (C=O) groups is 2. The molecule has 0 aromatic carbocycles. The summed E-state index contributed by atoms with van der Waals surface area (Å²) in [5.41, 5.74) is 1.00. The molecular formula is C16H18N4O2S2. The van der Waals surface area contributed by atoms with E-state index in [4.69, 9.17) is 0 Å². The molecule has 1 saturated carbocycles. The maximum absolute atomic E-state index is 12.3. The lowest BCUT2D eigenvalue weighted by molar-refractivity contribution is -0.122. The number of nitrogens with zero attached hydrogens (tertiary/aromatic N) is 2. The van der Waals surface area contributed by atoms with Gasteiger partial charge in [0.15, 0.2) is 5.13 Å². The second kappa shape index (κ2) is 6.52. The Hall–Kier alpha value is -1.93. The van der Waals surface area contributed by atoms with Gasteiger partial charge in [-0.2, -0.15) is 0 Å². The molecule has 2 aromatic rings. The fourth-order valence-corrected chi connectivity index (χ4v) is 4.47. The van der Waals surface area contributed by atoms with Gasteiger partial charge in [-0.15, -0.1) is 11.3 Å². The van der Waals surface area contributed by atoms with E-state index in [0.29, 0.717) is 18.2 Å². The first-order valence-corrected chi connectivity index (χ1v) is 9.77. The molecule has 2 aliphatic rings. The predicted octanol–water partition coefficient (Wildman–Crippen LogP) is 3.53. The Balaban J connectivity index is 1.39. The number of hydrogen-bond donors (Lipinski definition) is 2. The van der Waals surface area contributed by atoms with Crippen molar-refractivity contribution in [1.82, 2.24) is 9.88 Å². The summed E-state index contributed by atoms with van der Waals surface area (Å²) in [6.45, 7) is 1.19. The number of hydrogen-bond acceptors (Lipinski definition) is 5. The van der Waals surface area contributed by atoms with Crippen molar-refractivity contribution in [2.24, 2.45) is 5.92 Å². The molecule has 0 spiro atoms. The van der Waals surface area contributed by atoms with Gasteiger partial charge in [0.25, 0.3) is 0 Å². The fraction of sp³-hybridized carbons (Fsp3) is 0.438. The highest BCUT2D eigenvalue weighted by atomic mass is 32.1. The Kier molecular flexibility index (Phi) is 4.24. The van der Waals surface area contributed by atoms with Crippen LogP contribution in [0.15, 0.2) is 17.5 Å². The quantitative estimate of drug-likeness (QED) is 0.877. The minimum atomic E-state index is -0.0865. The first kappa shape index (κ1) is 15.6. The van der Waals surface area contributed by atoms with Crippen molar-refractivity contribution >= 4 is 44.7 Å². The Bertz CT molecular complexity index is 752.